The maximum atomic E-state index is 12.9. The molecule has 1 N–H and O–H groups in total. The van der Waals surface area contributed by atoms with Crippen molar-refractivity contribution in [2.45, 2.75) is 38.6 Å². The predicted molar refractivity (Wildman–Crippen MR) is 116 cm³/mol. The number of carbonyl (C=O) groups excluding carboxylic acids is 2. The number of amides is 2. The van der Waals surface area contributed by atoms with Gasteiger partial charge in [0.25, 0.3) is 11.5 Å². The molecule has 156 valence electrons. The molecule has 30 heavy (non-hydrogen) atoms. The van der Waals surface area contributed by atoms with Crippen LogP contribution in [0.3, 0.4) is 0 Å². The molecule has 3 aromatic rings. The summed E-state index contributed by atoms with van der Waals surface area (Å²) in [5, 5.41) is 2.67. The number of carbonyl (C=O) groups is 2. The maximum absolute atomic E-state index is 12.9. The van der Waals surface area contributed by atoms with E-state index in [4.69, 9.17) is 0 Å². The second-order valence-electron chi connectivity index (χ2n) is 7.57. The van der Waals surface area contributed by atoms with Gasteiger partial charge in [0, 0.05) is 36.8 Å². The van der Waals surface area contributed by atoms with Crippen molar-refractivity contribution >= 4 is 28.1 Å². The average molecular weight is 425 g/mol. The van der Waals surface area contributed by atoms with Crippen molar-refractivity contribution in [1.82, 2.24) is 19.6 Å². The van der Waals surface area contributed by atoms with Crippen LogP contribution < -0.4 is 10.9 Å². The van der Waals surface area contributed by atoms with Gasteiger partial charge in [-0.15, -0.1) is 11.3 Å². The Morgan fingerprint density at radius 2 is 1.90 bits per heavy atom. The molecule has 0 radical (unpaired) electrons. The highest BCUT2D eigenvalue weighted by atomic mass is 32.1. The number of rotatable bonds is 5. The Morgan fingerprint density at radius 1 is 1.17 bits per heavy atom. The van der Waals surface area contributed by atoms with Crippen LogP contribution in [0.2, 0.25) is 0 Å². The number of likely N-dealkylation sites (tertiary alicyclic amines) is 1. The number of fused-ring (bicyclic) bond motifs is 1. The van der Waals surface area contributed by atoms with E-state index in [-0.39, 0.29) is 11.5 Å². The van der Waals surface area contributed by atoms with E-state index in [0.29, 0.717) is 24.5 Å². The highest BCUT2D eigenvalue weighted by Gasteiger charge is 2.25. The summed E-state index contributed by atoms with van der Waals surface area (Å²) in [6.45, 7) is 3.09. The molecule has 1 fully saturated rings. The lowest BCUT2D eigenvalue weighted by Crippen LogP contribution is -2.49. The molecule has 4 rings (SSSR count). The fourth-order valence-corrected chi connectivity index (χ4v) is 4.66. The quantitative estimate of drug-likeness (QED) is 0.682. The number of thiazole rings is 1. The standard InChI is InChI=1S/C22H24N4O3S/c1-15(20(28)25-10-6-3-7-11-25)24-19(27)18-13-23-22-26(21(18)29)14-17(30-22)12-16-8-4-2-5-9-16/h2,4-5,8-9,13-15H,3,6-7,10-12H2,1H3,(H,24,27)/t15-/m0/s1. The molecule has 0 saturated carbocycles. The lowest BCUT2D eigenvalue weighted by atomic mass is 10.1. The van der Waals surface area contributed by atoms with E-state index in [9.17, 15) is 14.4 Å². The SMILES string of the molecule is C[C@H](NC(=O)c1cnc2sc(Cc3ccccc3)cn2c1=O)C(=O)N1CCCCC1. The third kappa shape index (κ3) is 4.28. The Morgan fingerprint density at radius 3 is 2.63 bits per heavy atom. The molecule has 2 aromatic heterocycles. The molecule has 7 nitrogen and oxygen atoms in total. The lowest BCUT2D eigenvalue weighted by molar-refractivity contribution is -0.133. The molecule has 0 aliphatic carbocycles. The summed E-state index contributed by atoms with van der Waals surface area (Å²) in [6.07, 6.45) is 6.82. The molecule has 1 atom stereocenters. The van der Waals surface area contributed by atoms with Gasteiger partial charge in [0.2, 0.25) is 5.91 Å². The van der Waals surface area contributed by atoms with Crippen molar-refractivity contribution in [2.24, 2.45) is 0 Å². The lowest BCUT2D eigenvalue weighted by Gasteiger charge is -2.29. The predicted octanol–water partition coefficient (Wildman–Crippen LogP) is 2.48. The Kier molecular flexibility index (Phi) is 5.94. The molecule has 0 bridgehead atoms. The maximum Gasteiger partial charge on any atom is 0.271 e. The second-order valence-corrected chi connectivity index (χ2v) is 8.66. The molecule has 0 spiro atoms. The number of nitrogens with zero attached hydrogens (tertiary/aromatic N) is 3. The Labute approximate surface area is 178 Å². The summed E-state index contributed by atoms with van der Waals surface area (Å²) in [5.41, 5.74) is 0.653. The van der Waals surface area contributed by atoms with Crippen molar-refractivity contribution in [3.8, 4) is 0 Å². The Hall–Kier alpha value is -3.00. The van der Waals surface area contributed by atoms with Crippen LogP contribution in [0, 0.1) is 0 Å². The molecular weight excluding hydrogens is 400 g/mol. The second kappa shape index (κ2) is 8.79. The molecule has 8 heteroatoms. The van der Waals surface area contributed by atoms with Gasteiger partial charge in [0.15, 0.2) is 4.96 Å². The Bertz CT molecular complexity index is 1120. The monoisotopic (exact) mass is 424 g/mol. The van der Waals surface area contributed by atoms with Crippen LogP contribution in [-0.4, -0.2) is 45.2 Å². The number of nitrogens with one attached hydrogen (secondary N) is 1. The van der Waals surface area contributed by atoms with Crippen LogP contribution in [0.25, 0.3) is 4.96 Å². The van der Waals surface area contributed by atoms with Crippen molar-refractivity contribution < 1.29 is 9.59 Å². The number of aromatic nitrogens is 2. The van der Waals surface area contributed by atoms with Crippen LogP contribution in [0.4, 0.5) is 0 Å². The molecule has 1 aromatic carbocycles. The van der Waals surface area contributed by atoms with Gasteiger partial charge in [0.1, 0.15) is 11.6 Å². The van der Waals surface area contributed by atoms with Gasteiger partial charge >= 0.3 is 0 Å². The molecule has 2 amide bonds. The third-order valence-electron chi connectivity index (χ3n) is 5.31. The number of hydrogen-bond donors (Lipinski definition) is 1. The number of benzene rings is 1. The first kappa shape index (κ1) is 20.3. The van der Waals surface area contributed by atoms with E-state index >= 15 is 0 Å². The van der Waals surface area contributed by atoms with Crippen molar-refractivity contribution in [3.05, 3.63) is 69.1 Å². The van der Waals surface area contributed by atoms with Gasteiger partial charge in [-0.05, 0) is 31.7 Å². The molecule has 3 heterocycles. The molecule has 0 unspecified atom stereocenters. The average Bonchev–Trinajstić information content (AvgIpc) is 3.18. The van der Waals surface area contributed by atoms with Gasteiger partial charge < -0.3 is 10.2 Å². The fourth-order valence-electron chi connectivity index (χ4n) is 3.69. The van der Waals surface area contributed by atoms with Crippen LogP contribution >= 0.6 is 11.3 Å². The summed E-state index contributed by atoms with van der Waals surface area (Å²) in [4.78, 5) is 45.7. The van der Waals surface area contributed by atoms with Gasteiger partial charge in [-0.1, -0.05) is 30.3 Å². The summed E-state index contributed by atoms with van der Waals surface area (Å²) in [7, 11) is 0. The Balaban J connectivity index is 1.50. The first-order valence-electron chi connectivity index (χ1n) is 10.2. The minimum Gasteiger partial charge on any atom is -0.341 e. The summed E-state index contributed by atoms with van der Waals surface area (Å²) in [5.74, 6) is -0.687. The van der Waals surface area contributed by atoms with Crippen molar-refractivity contribution in [3.63, 3.8) is 0 Å². The van der Waals surface area contributed by atoms with Gasteiger partial charge in [-0.2, -0.15) is 0 Å². The highest BCUT2D eigenvalue weighted by Crippen LogP contribution is 2.18. The van der Waals surface area contributed by atoms with Crippen molar-refractivity contribution in [1.29, 1.82) is 0 Å². The minimum absolute atomic E-state index is 0.0603. The van der Waals surface area contributed by atoms with Gasteiger partial charge in [0.05, 0.1) is 0 Å². The first-order chi connectivity index (χ1) is 14.5. The van der Waals surface area contributed by atoms with E-state index < -0.39 is 17.5 Å². The van der Waals surface area contributed by atoms with Gasteiger partial charge in [-0.25, -0.2) is 4.98 Å². The highest BCUT2D eigenvalue weighted by molar-refractivity contribution is 7.17. The zero-order valence-electron chi connectivity index (χ0n) is 16.8. The molecular formula is C22H24N4O3S. The van der Waals surface area contributed by atoms with E-state index in [2.05, 4.69) is 10.3 Å². The van der Waals surface area contributed by atoms with Crippen LogP contribution in [0.15, 0.2) is 47.5 Å². The zero-order valence-corrected chi connectivity index (χ0v) is 17.7. The molecule has 1 aliphatic rings. The number of hydrogen-bond acceptors (Lipinski definition) is 5. The van der Waals surface area contributed by atoms with E-state index in [0.717, 1.165) is 29.7 Å². The summed E-state index contributed by atoms with van der Waals surface area (Å²) in [6, 6.07) is 9.28. The normalized spacial score (nSPS) is 15.2. The third-order valence-corrected chi connectivity index (χ3v) is 6.30. The molecule has 1 saturated heterocycles. The molecule has 1 aliphatic heterocycles. The minimum atomic E-state index is -0.688. The van der Waals surface area contributed by atoms with E-state index in [1.165, 1.54) is 21.9 Å². The van der Waals surface area contributed by atoms with Crippen molar-refractivity contribution in [2.75, 3.05) is 13.1 Å². The smallest absolute Gasteiger partial charge is 0.271 e. The first-order valence-corrected chi connectivity index (χ1v) is 11.0. The topological polar surface area (TPSA) is 83.8 Å². The zero-order chi connectivity index (χ0) is 21.1. The fraction of sp³-hybridized carbons (Fsp3) is 0.364. The van der Waals surface area contributed by atoms with Gasteiger partial charge in [-0.3, -0.25) is 18.8 Å². The van der Waals surface area contributed by atoms with Crippen LogP contribution in [-0.2, 0) is 11.2 Å². The summed E-state index contributed by atoms with van der Waals surface area (Å²) >= 11 is 1.42. The largest absolute Gasteiger partial charge is 0.341 e. The van der Waals surface area contributed by atoms with Crippen LogP contribution in [0.1, 0.15) is 47.0 Å². The summed E-state index contributed by atoms with van der Waals surface area (Å²) < 4.78 is 1.41. The van der Waals surface area contributed by atoms with E-state index in [1.54, 1.807) is 18.0 Å². The number of piperidine rings is 1. The van der Waals surface area contributed by atoms with Crippen LogP contribution in [0.5, 0.6) is 0 Å². The van der Waals surface area contributed by atoms with E-state index in [1.807, 2.05) is 30.3 Å².